The molecule has 1 aromatic heterocycles. The largest absolute Gasteiger partial charge is 0.486 e. The van der Waals surface area contributed by atoms with Gasteiger partial charge in [-0.05, 0) is 12.1 Å². The standard InChI is InChI=1S/C17H20N2O5/c20-17-12(8-18-9-13-10-21-1-2-22-13)5-11-6-15-16(7-14(11)19-17)24-4-3-23-15/h5-7,13,18H,1-4,8-10H2,(H,19,20). The van der Waals surface area contributed by atoms with Crippen molar-refractivity contribution in [2.75, 3.05) is 39.6 Å². The van der Waals surface area contributed by atoms with Crippen molar-refractivity contribution in [2.24, 2.45) is 0 Å². The summed E-state index contributed by atoms with van der Waals surface area (Å²) >= 11 is 0. The molecule has 2 aliphatic rings. The average Bonchev–Trinajstić information content (AvgIpc) is 2.61. The van der Waals surface area contributed by atoms with Crippen LogP contribution in [0.5, 0.6) is 11.5 Å². The Morgan fingerprint density at radius 1 is 1.08 bits per heavy atom. The van der Waals surface area contributed by atoms with Crippen LogP contribution < -0.4 is 20.3 Å². The lowest BCUT2D eigenvalue weighted by Gasteiger charge is -2.23. The van der Waals surface area contributed by atoms with Gasteiger partial charge in [0.25, 0.3) is 5.56 Å². The van der Waals surface area contributed by atoms with Crippen LogP contribution >= 0.6 is 0 Å². The Balaban J connectivity index is 1.50. The summed E-state index contributed by atoms with van der Waals surface area (Å²) in [5, 5.41) is 4.18. The van der Waals surface area contributed by atoms with Crippen LogP contribution in [0.4, 0.5) is 0 Å². The van der Waals surface area contributed by atoms with Crippen LogP contribution in [0.3, 0.4) is 0 Å². The van der Waals surface area contributed by atoms with E-state index in [0.717, 1.165) is 10.9 Å². The van der Waals surface area contributed by atoms with E-state index in [-0.39, 0.29) is 11.7 Å². The molecule has 3 heterocycles. The van der Waals surface area contributed by atoms with Crippen molar-refractivity contribution < 1.29 is 18.9 Å². The van der Waals surface area contributed by atoms with Crippen molar-refractivity contribution in [3.63, 3.8) is 0 Å². The number of hydrogen-bond donors (Lipinski definition) is 2. The molecule has 24 heavy (non-hydrogen) atoms. The number of ether oxygens (including phenoxy) is 4. The van der Waals surface area contributed by atoms with Gasteiger partial charge in [0.2, 0.25) is 0 Å². The first-order valence-electron chi connectivity index (χ1n) is 8.15. The normalized spacial score (nSPS) is 20.2. The fourth-order valence-electron chi connectivity index (χ4n) is 2.94. The maximum Gasteiger partial charge on any atom is 0.252 e. The second kappa shape index (κ2) is 6.80. The second-order valence-electron chi connectivity index (χ2n) is 5.91. The third-order valence-electron chi connectivity index (χ3n) is 4.16. The number of pyridine rings is 1. The Morgan fingerprint density at radius 2 is 1.92 bits per heavy atom. The minimum absolute atomic E-state index is 0.0378. The molecule has 2 aromatic rings. The SMILES string of the molecule is O=c1[nH]c2cc3c(cc2cc1CNCC1COCCO1)OCCO3. The summed E-state index contributed by atoms with van der Waals surface area (Å²) in [6.45, 7) is 4.05. The average molecular weight is 332 g/mol. The van der Waals surface area contributed by atoms with E-state index in [9.17, 15) is 4.79 Å². The highest BCUT2D eigenvalue weighted by Gasteiger charge is 2.15. The zero-order valence-corrected chi connectivity index (χ0v) is 13.3. The van der Waals surface area contributed by atoms with Crippen molar-refractivity contribution in [1.82, 2.24) is 10.3 Å². The van der Waals surface area contributed by atoms with Crippen LogP contribution in [0.1, 0.15) is 5.56 Å². The van der Waals surface area contributed by atoms with Crippen LogP contribution in [-0.4, -0.2) is 50.7 Å². The minimum atomic E-state index is -0.104. The van der Waals surface area contributed by atoms with Gasteiger partial charge < -0.3 is 29.2 Å². The van der Waals surface area contributed by atoms with Gasteiger partial charge in [-0.25, -0.2) is 0 Å². The van der Waals surface area contributed by atoms with E-state index in [2.05, 4.69) is 10.3 Å². The lowest BCUT2D eigenvalue weighted by Crippen LogP contribution is -2.37. The van der Waals surface area contributed by atoms with Gasteiger partial charge in [-0.2, -0.15) is 0 Å². The molecule has 1 atom stereocenters. The molecule has 0 bridgehead atoms. The molecule has 1 unspecified atom stereocenters. The molecule has 0 radical (unpaired) electrons. The topological polar surface area (TPSA) is 81.8 Å². The van der Waals surface area contributed by atoms with E-state index < -0.39 is 0 Å². The molecule has 2 aliphatic heterocycles. The number of fused-ring (bicyclic) bond motifs is 2. The van der Waals surface area contributed by atoms with Gasteiger partial charge in [-0.1, -0.05) is 0 Å². The molecule has 4 rings (SSSR count). The van der Waals surface area contributed by atoms with Crippen LogP contribution in [0.2, 0.25) is 0 Å². The van der Waals surface area contributed by atoms with Crippen molar-refractivity contribution in [3.05, 3.63) is 34.1 Å². The summed E-state index contributed by atoms with van der Waals surface area (Å²) in [6.07, 6.45) is 0.0378. The van der Waals surface area contributed by atoms with Gasteiger partial charge in [0.15, 0.2) is 11.5 Å². The van der Waals surface area contributed by atoms with Crippen LogP contribution in [0.25, 0.3) is 10.9 Å². The predicted molar refractivity (Wildman–Crippen MR) is 87.8 cm³/mol. The maximum absolute atomic E-state index is 12.3. The molecular formula is C17H20N2O5. The summed E-state index contributed by atoms with van der Waals surface area (Å²) in [6, 6.07) is 5.61. The van der Waals surface area contributed by atoms with Gasteiger partial charge >= 0.3 is 0 Å². The molecule has 1 fully saturated rings. The molecule has 7 heteroatoms. The second-order valence-corrected chi connectivity index (χ2v) is 5.91. The molecule has 0 aliphatic carbocycles. The first-order chi connectivity index (χ1) is 11.8. The van der Waals surface area contributed by atoms with E-state index in [1.807, 2.05) is 18.2 Å². The highest BCUT2D eigenvalue weighted by Crippen LogP contribution is 2.33. The fraction of sp³-hybridized carbons (Fsp3) is 0.471. The molecule has 0 amide bonds. The summed E-state index contributed by atoms with van der Waals surface area (Å²) in [5.74, 6) is 1.39. The Morgan fingerprint density at radius 3 is 2.71 bits per heavy atom. The Labute approximate surface area is 138 Å². The number of aromatic nitrogens is 1. The molecule has 2 N–H and O–H groups in total. The number of aromatic amines is 1. The zero-order valence-electron chi connectivity index (χ0n) is 13.3. The van der Waals surface area contributed by atoms with Crippen molar-refractivity contribution in [1.29, 1.82) is 0 Å². The number of nitrogens with one attached hydrogen (secondary N) is 2. The predicted octanol–water partition coefficient (Wildman–Crippen LogP) is 0.804. The summed E-state index contributed by atoms with van der Waals surface area (Å²) in [5.41, 5.74) is 1.32. The number of rotatable bonds is 4. The third kappa shape index (κ3) is 3.24. The Hall–Kier alpha value is -2.09. The number of H-pyrrole nitrogens is 1. The summed E-state index contributed by atoms with van der Waals surface area (Å²) in [7, 11) is 0. The molecule has 1 saturated heterocycles. The van der Waals surface area contributed by atoms with E-state index >= 15 is 0 Å². The van der Waals surface area contributed by atoms with E-state index in [1.54, 1.807) is 0 Å². The van der Waals surface area contributed by atoms with Crippen molar-refractivity contribution in [2.45, 2.75) is 12.6 Å². The zero-order chi connectivity index (χ0) is 16.4. The van der Waals surface area contributed by atoms with Gasteiger partial charge in [-0.3, -0.25) is 4.79 Å². The molecule has 7 nitrogen and oxygen atoms in total. The monoisotopic (exact) mass is 332 g/mol. The van der Waals surface area contributed by atoms with Crippen molar-refractivity contribution in [3.8, 4) is 11.5 Å². The summed E-state index contributed by atoms with van der Waals surface area (Å²) < 4.78 is 22.1. The molecular weight excluding hydrogens is 312 g/mol. The first kappa shape index (κ1) is 15.4. The molecule has 1 aromatic carbocycles. The van der Waals surface area contributed by atoms with Crippen LogP contribution in [0.15, 0.2) is 23.0 Å². The van der Waals surface area contributed by atoms with Gasteiger partial charge in [0.05, 0.1) is 31.4 Å². The van der Waals surface area contributed by atoms with E-state index in [1.165, 1.54) is 0 Å². The highest BCUT2D eigenvalue weighted by molar-refractivity contribution is 5.83. The van der Waals surface area contributed by atoms with Crippen LogP contribution in [-0.2, 0) is 16.0 Å². The molecule has 0 saturated carbocycles. The lowest BCUT2D eigenvalue weighted by atomic mass is 10.1. The van der Waals surface area contributed by atoms with E-state index in [4.69, 9.17) is 18.9 Å². The van der Waals surface area contributed by atoms with E-state index in [0.29, 0.717) is 63.2 Å². The van der Waals surface area contributed by atoms with Crippen LogP contribution in [0, 0.1) is 0 Å². The van der Waals surface area contributed by atoms with Gasteiger partial charge in [0.1, 0.15) is 13.2 Å². The minimum Gasteiger partial charge on any atom is -0.486 e. The summed E-state index contributed by atoms with van der Waals surface area (Å²) in [4.78, 5) is 15.2. The number of benzene rings is 1. The smallest absolute Gasteiger partial charge is 0.252 e. The number of hydrogen-bond acceptors (Lipinski definition) is 6. The van der Waals surface area contributed by atoms with Gasteiger partial charge in [0, 0.05) is 30.1 Å². The molecule has 128 valence electrons. The lowest BCUT2D eigenvalue weighted by molar-refractivity contribution is -0.0864. The third-order valence-corrected chi connectivity index (χ3v) is 4.16. The maximum atomic E-state index is 12.3. The fourth-order valence-corrected chi connectivity index (χ4v) is 2.94. The van der Waals surface area contributed by atoms with Crippen molar-refractivity contribution >= 4 is 10.9 Å². The molecule has 0 spiro atoms. The quantitative estimate of drug-likeness (QED) is 0.862. The Bertz CT molecular complexity index is 782. The van der Waals surface area contributed by atoms with Gasteiger partial charge in [-0.15, -0.1) is 0 Å². The highest BCUT2D eigenvalue weighted by atomic mass is 16.6. The Kier molecular flexibility index (Phi) is 4.38. The first-order valence-corrected chi connectivity index (χ1v) is 8.15.